The van der Waals surface area contributed by atoms with E-state index in [0.29, 0.717) is 12.3 Å². The fourth-order valence-corrected chi connectivity index (χ4v) is 3.08. The van der Waals surface area contributed by atoms with Gasteiger partial charge in [-0.1, -0.05) is 51.0 Å². The summed E-state index contributed by atoms with van der Waals surface area (Å²) in [5.74, 6) is 1.81. The Morgan fingerprint density at radius 1 is 1.15 bits per heavy atom. The summed E-state index contributed by atoms with van der Waals surface area (Å²) >= 11 is 0. The van der Waals surface area contributed by atoms with Gasteiger partial charge in [0.15, 0.2) is 5.96 Å². The van der Waals surface area contributed by atoms with Gasteiger partial charge in [-0.25, -0.2) is 0 Å². The number of carbonyl (C=O) groups excluding carboxylic acids is 1. The molecular weight excluding hydrogens is 439 g/mol. The Morgan fingerprint density at radius 2 is 1.81 bits per heavy atom. The lowest BCUT2D eigenvalue weighted by Crippen LogP contribution is -2.39. The van der Waals surface area contributed by atoms with Crippen molar-refractivity contribution in [3.8, 4) is 0 Å². The Hall–Kier alpha value is -1.31. The maximum atomic E-state index is 11.7. The third kappa shape index (κ3) is 7.13. The van der Waals surface area contributed by atoms with Crippen molar-refractivity contribution in [3.05, 3.63) is 35.4 Å². The van der Waals surface area contributed by atoms with Crippen LogP contribution in [0.2, 0.25) is 0 Å². The molecule has 0 aromatic heterocycles. The van der Waals surface area contributed by atoms with Crippen LogP contribution in [0, 0.1) is 5.92 Å². The zero-order chi connectivity index (χ0) is 18.1. The van der Waals surface area contributed by atoms with Crippen molar-refractivity contribution in [1.82, 2.24) is 15.5 Å². The lowest BCUT2D eigenvalue weighted by molar-refractivity contribution is -0.128. The van der Waals surface area contributed by atoms with E-state index in [1.807, 2.05) is 4.90 Å². The van der Waals surface area contributed by atoms with Crippen LogP contribution in [0.15, 0.2) is 29.3 Å². The number of hydrogen-bond donors (Lipinski definition) is 2. The standard InChI is InChI=1S/C20H32N4O.HI/c1-4-16(5-2)13-22-20(21-3)23-14-17-8-10-18(11-9-17)15-24-12-6-7-19(24)25;/h8-11,16H,4-7,12-15H2,1-3H3,(H2,21,22,23);1H. The van der Waals surface area contributed by atoms with Crippen LogP contribution in [0.25, 0.3) is 0 Å². The lowest BCUT2D eigenvalue weighted by atomic mass is 10.0. The van der Waals surface area contributed by atoms with Crippen LogP contribution in [-0.4, -0.2) is 36.9 Å². The third-order valence-corrected chi connectivity index (χ3v) is 4.96. The molecule has 1 aliphatic rings. The molecule has 5 nitrogen and oxygen atoms in total. The van der Waals surface area contributed by atoms with Gasteiger partial charge in [0.2, 0.25) is 5.91 Å². The van der Waals surface area contributed by atoms with Crippen molar-refractivity contribution in [2.45, 2.75) is 52.6 Å². The molecule has 0 bridgehead atoms. The lowest BCUT2D eigenvalue weighted by Gasteiger charge is -2.17. The van der Waals surface area contributed by atoms with Crippen LogP contribution >= 0.6 is 24.0 Å². The number of amides is 1. The molecule has 1 amide bonds. The van der Waals surface area contributed by atoms with Gasteiger partial charge in [-0.3, -0.25) is 9.79 Å². The van der Waals surface area contributed by atoms with Crippen molar-refractivity contribution in [3.63, 3.8) is 0 Å². The summed E-state index contributed by atoms with van der Waals surface area (Å²) in [5.41, 5.74) is 2.40. The monoisotopic (exact) mass is 472 g/mol. The first-order valence-corrected chi connectivity index (χ1v) is 9.46. The Kier molecular flexibility index (Phi) is 10.6. The highest BCUT2D eigenvalue weighted by atomic mass is 127. The van der Waals surface area contributed by atoms with Crippen LogP contribution in [0.3, 0.4) is 0 Å². The highest BCUT2D eigenvalue weighted by molar-refractivity contribution is 14.0. The zero-order valence-electron chi connectivity index (χ0n) is 16.3. The number of nitrogens with one attached hydrogen (secondary N) is 2. The molecule has 6 heteroatoms. The van der Waals surface area contributed by atoms with Gasteiger partial charge in [0.05, 0.1) is 0 Å². The second-order valence-electron chi connectivity index (χ2n) is 6.72. The van der Waals surface area contributed by atoms with E-state index in [1.165, 1.54) is 24.0 Å². The van der Waals surface area contributed by atoms with E-state index in [4.69, 9.17) is 0 Å². The van der Waals surface area contributed by atoms with E-state index >= 15 is 0 Å². The minimum atomic E-state index is 0. The summed E-state index contributed by atoms with van der Waals surface area (Å²) in [6, 6.07) is 8.47. The van der Waals surface area contributed by atoms with Crippen LogP contribution in [0.4, 0.5) is 0 Å². The van der Waals surface area contributed by atoms with Crippen LogP contribution in [0.5, 0.6) is 0 Å². The van der Waals surface area contributed by atoms with Crippen molar-refractivity contribution in [2.24, 2.45) is 10.9 Å². The van der Waals surface area contributed by atoms with Crippen molar-refractivity contribution in [1.29, 1.82) is 0 Å². The maximum absolute atomic E-state index is 11.7. The Morgan fingerprint density at radius 3 is 2.35 bits per heavy atom. The quantitative estimate of drug-likeness (QED) is 0.346. The number of likely N-dealkylation sites (tertiary alicyclic amines) is 1. The molecule has 26 heavy (non-hydrogen) atoms. The molecule has 0 atom stereocenters. The van der Waals surface area contributed by atoms with Gasteiger partial charge in [-0.2, -0.15) is 0 Å². The van der Waals surface area contributed by atoms with E-state index in [9.17, 15) is 4.79 Å². The van der Waals surface area contributed by atoms with Crippen molar-refractivity contribution < 1.29 is 4.79 Å². The third-order valence-electron chi connectivity index (χ3n) is 4.96. The molecule has 1 heterocycles. The second kappa shape index (κ2) is 12.1. The first kappa shape index (κ1) is 22.7. The van der Waals surface area contributed by atoms with E-state index in [1.54, 1.807) is 7.05 Å². The molecule has 0 saturated carbocycles. The molecule has 1 aromatic carbocycles. The normalized spacial score (nSPS) is 14.5. The molecule has 1 fully saturated rings. The van der Waals surface area contributed by atoms with Crippen molar-refractivity contribution in [2.75, 3.05) is 20.1 Å². The number of aliphatic imine (C=N–C) groups is 1. The number of guanidine groups is 1. The Balaban J connectivity index is 0.00000338. The molecule has 146 valence electrons. The molecule has 0 spiro atoms. The molecule has 1 aromatic rings. The maximum Gasteiger partial charge on any atom is 0.222 e. The minimum Gasteiger partial charge on any atom is -0.356 e. The molecular formula is C20H33IN4O. The van der Waals surface area contributed by atoms with E-state index in [2.05, 4.69) is 53.7 Å². The molecule has 2 rings (SSSR count). The number of halogens is 1. The van der Waals surface area contributed by atoms with Gasteiger partial charge in [0.25, 0.3) is 0 Å². The fraction of sp³-hybridized carbons (Fsp3) is 0.600. The molecule has 0 aliphatic carbocycles. The predicted molar refractivity (Wildman–Crippen MR) is 119 cm³/mol. The van der Waals surface area contributed by atoms with Gasteiger partial charge in [0.1, 0.15) is 0 Å². The molecule has 0 radical (unpaired) electrons. The number of benzene rings is 1. The van der Waals surface area contributed by atoms with E-state index in [0.717, 1.165) is 38.6 Å². The summed E-state index contributed by atoms with van der Waals surface area (Å²) in [5, 5.41) is 6.76. The summed E-state index contributed by atoms with van der Waals surface area (Å²) in [6.45, 7) is 7.76. The smallest absolute Gasteiger partial charge is 0.222 e. The first-order chi connectivity index (χ1) is 12.2. The van der Waals surface area contributed by atoms with Crippen LogP contribution < -0.4 is 10.6 Å². The SMILES string of the molecule is CCC(CC)CNC(=NC)NCc1ccc(CN2CCCC2=O)cc1.I. The van der Waals surface area contributed by atoms with Gasteiger partial charge >= 0.3 is 0 Å². The van der Waals surface area contributed by atoms with Gasteiger partial charge in [-0.05, 0) is 23.5 Å². The number of rotatable bonds is 8. The Labute approximate surface area is 175 Å². The van der Waals surface area contributed by atoms with Gasteiger partial charge < -0.3 is 15.5 Å². The average molecular weight is 472 g/mol. The Bertz CT molecular complexity index is 570. The van der Waals surface area contributed by atoms with Gasteiger partial charge in [-0.15, -0.1) is 24.0 Å². The average Bonchev–Trinajstić information content (AvgIpc) is 3.04. The van der Waals surface area contributed by atoms with Crippen LogP contribution in [-0.2, 0) is 17.9 Å². The summed E-state index contributed by atoms with van der Waals surface area (Å²) < 4.78 is 0. The first-order valence-electron chi connectivity index (χ1n) is 9.46. The largest absolute Gasteiger partial charge is 0.356 e. The predicted octanol–water partition coefficient (Wildman–Crippen LogP) is 3.53. The molecule has 2 N–H and O–H groups in total. The second-order valence-corrected chi connectivity index (χ2v) is 6.72. The topological polar surface area (TPSA) is 56.7 Å². The number of hydrogen-bond acceptors (Lipinski definition) is 2. The van der Waals surface area contributed by atoms with Crippen molar-refractivity contribution >= 4 is 35.8 Å². The highest BCUT2D eigenvalue weighted by Crippen LogP contribution is 2.14. The van der Waals surface area contributed by atoms with E-state index < -0.39 is 0 Å². The number of nitrogens with zero attached hydrogens (tertiary/aromatic N) is 2. The number of carbonyl (C=O) groups is 1. The molecule has 0 unspecified atom stereocenters. The van der Waals surface area contributed by atoms with Crippen LogP contribution in [0.1, 0.15) is 50.7 Å². The summed E-state index contributed by atoms with van der Waals surface area (Å²) in [7, 11) is 1.80. The fourth-order valence-electron chi connectivity index (χ4n) is 3.08. The highest BCUT2D eigenvalue weighted by Gasteiger charge is 2.19. The molecule has 1 saturated heterocycles. The summed E-state index contributed by atoms with van der Waals surface area (Å²) in [6.07, 6.45) is 4.05. The molecule has 1 aliphatic heterocycles. The zero-order valence-corrected chi connectivity index (χ0v) is 18.6. The van der Waals surface area contributed by atoms with E-state index in [-0.39, 0.29) is 29.9 Å². The summed E-state index contributed by atoms with van der Waals surface area (Å²) in [4.78, 5) is 17.9. The van der Waals surface area contributed by atoms with Gasteiger partial charge in [0, 0.05) is 39.6 Å². The minimum absolute atomic E-state index is 0.